The molecule has 1 amide bonds. The highest BCUT2D eigenvalue weighted by Gasteiger charge is 2.29. The number of ether oxygens (including phenoxy) is 1. The van der Waals surface area contributed by atoms with Crippen molar-refractivity contribution in [3.8, 4) is 0 Å². The number of hydrogen-bond donors (Lipinski definition) is 0. The second kappa shape index (κ2) is 7.43. The number of hydrogen-bond acceptors (Lipinski definition) is 3. The predicted octanol–water partition coefficient (Wildman–Crippen LogP) is 4.05. The van der Waals surface area contributed by atoms with Crippen LogP contribution in [0.25, 0.3) is 0 Å². The maximum Gasteiger partial charge on any atom is 0.410 e. The Labute approximate surface area is 133 Å². The van der Waals surface area contributed by atoms with E-state index in [1.54, 1.807) is 0 Å². The fourth-order valence-corrected chi connectivity index (χ4v) is 2.52. The van der Waals surface area contributed by atoms with Crippen LogP contribution in [0.3, 0.4) is 0 Å². The topological polar surface area (TPSA) is 41.9 Å². The number of piperidine rings is 1. The van der Waals surface area contributed by atoms with Gasteiger partial charge in [-0.25, -0.2) is 4.79 Å². The van der Waals surface area contributed by atoms with Crippen molar-refractivity contribution in [1.82, 2.24) is 4.90 Å². The molecule has 1 saturated heterocycles. The van der Waals surface area contributed by atoms with Gasteiger partial charge >= 0.3 is 6.09 Å². The maximum atomic E-state index is 12.3. The zero-order valence-corrected chi connectivity index (χ0v) is 13.8. The summed E-state index contributed by atoms with van der Waals surface area (Å²) < 4.78 is 5.50. The van der Waals surface area contributed by atoms with E-state index in [-0.39, 0.29) is 12.1 Å². The Balaban J connectivity index is 1.96. The molecule has 0 radical (unpaired) electrons. The Morgan fingerprint density at radius 2 is 2.05 bits per heavy atom. The summed E-state index contributed by atoms with van der Waals surface area (Å²) >= 11 is 0. The van der Waals surface area contributed by atoms with Crippen LogP contribution in [-0.2, 0) is 11.3 Å². The maximum absolute atomic E-state index is 12.3. The van der Waals surface area contributed by atoms with E-state index in [1.807, 2.05) is 50.1 Å². The van der Waals surface area contributed by atoms with E-state index in [9.17, 15) is 4.79 Å². The highest BCUT2D eigenvalue weighted by molar-refractivity contribution is 5.76. The van der Waals surface area contributed by atoms with Gasteiger partial charge in [-0.15, -0.1) is 0 Å². The molecule has 4 heteroatoms. The van der Waals surface area contributed by atoms with Crippen molar-refractivity contribution in [2.45, 2.75) is 58.2 Å². The monoisotopic (exact) mass is 302 g/mol. The molecule has 1 aliphatic heterocycles. The van der Waals surface area contributed by atoms with Crippen molar-refractivity contribution in [2.24, 2.45) is 4.99 Å². The first-order chi connectivity index (χ1) is 10.5. The average Bonchev–Trinajstić information content (AvgIpc) is 2.47. The molecule has 1 fully saturated rings. The number of nitrogens with zero attached hydrogens (tertiary/aromatic N) is 2. The lowest BCUT2D eigenvalue weighted by Crippen LogP contribution is -2.46. The van der Waals surface area contributed by atoms with Crippen LogP contribution in [0.1, 0.15) is 45.6 Å². The number of rotatable bonds is 3. The van der Waals surface area contributed by atoms with E-state index < -0.39 is 5.60 Å². The second-order valence-electron chi connectivity index (χ2n) is 6.71. The number of benzene rings is 1. The summed E-state index contributed by atoms with van der Waals surface area (Å²) in [6, 6.07) is 10.2. The largest absolute Gasteiger partial charge is 0.444 e. The van der Waals surface area contributed by atoms with Crippen LogP contribution in [0.5, 0.6) is 0 Å². The molecular weight excluding hydrogens is 276 g/mol. The normalized spacial score (nSPS) is 19.4. The van der Waals surface area contributed by atoms with Crippen molar-refractivity contribution in [3.63, 3.8) is 0 Å². The smallest absolute Gasteiger partial charge is 0.410 e. The summed E-state index contributed by atoms with van der Waals surface area (Å²) in [4.78, 5) is 18.6. The summed E-state index contributed by atoms with van der Waals surface area (Å²) in [7, 11) is 0. The van der Waals surface area contributed by atoms with Gasteiger partial charge in [-0.3, -0.25) is 4.99 Å². The first kappa shape index (κ1) is 16.5. The van der Waals surface area contributed by atoms with E-state index in [2.05, 4.69) is 17.1 Å². The highest BCUT2D eigenvalue weighted by atomic mass is 16.6. The third kappa shape index (κ3) is 5.17. The molecule has 0 N–H and O–H groups in total. The number of carbonyl (C=O) groups excluding carboxylic acids is 1. The first-order valence-electron chi connectivity index (χ1n) is 7.99. The number of amides is 1. The fraction of sp³-hybridized carbons (Fsp3) is 0.556. The summed E-state index contributed by atoms with van der Waals surface area (Å²) in [5, 5.41) is 0. The predicted molar refractivity (Wildman–Crippen MR) is 89.2 cm³/mol. The lowest BCUT2D eigenvalue weighted by atomic mass is 10.0. The quantitative estimate of drug-likeness (QED) is 0.791. The molecule has 1 aromatic carbocycles. The van der Waals surface area contributed by atoms with Crippen LogP contribution in [0, 0.1) is 0 Å². The summed E-state index contributed by atoms with van der Waals surface area (Å²) in [5.41, 5.74) is 0.721. The van der Waals surface area contributed by atoms with Crippen LogP contribution in [0.4, 0.5) is 4.79 Å². The first-order valence-corrected chi connectivity index (χ1v) is 7.99. The van der Waals surface area contributed by atoms with E-state index in [0.29, 0.717) is 6.54 Å². The van der Waals surface area contributed by atoms with Gasteiger partial charge in [-0.2, -0.15) is 0 Å². The summed E-state index contributed by atoms with van der Waals surface area (Å²) in [5.74, 6) is 0. The molecule has 0 bridgehead atoms. The van der Waals surface area contributed by atoms with E-state index >= 15 is 0 Å². The second-order valence-corrected chi connectivity index (χ2v) is 6.71. The Morgan fingerprint density at radius 3 is 2.73 bits per heavy atom. The molecule has 2 rings (SSSR count). The zero-order chi connectivity index (χ0) is 16.0. The van der Waals surface area contributed by atoms with Gasteiger partial charge in [0, 0.05) is 12.8 Å². The van der Waals surface area contributed by atoms with Crippen LogP contribution in [0.15, 0.2) is 35.3 Å². The SMILES string of the molecule is CC(C)(C)OC(=O)N1CCCC[C@H]1C=NCc1ccccc1. The van der Waals surface area contributed by atoms with Crippen LogP contribution in [-0.4, -0.2) is 35.4 Å². The molecule has 22 heavy (non-hydrogen) atoms. The summed E-state index contributed by atoms with van der Waals surface area (Å²) in [6.45, 7) is 7.09. The third-order valence-corrected chi connectivity index (χ3v) is 3.57. The van der Waals surface area contributed by atoms with Crippen molar-refractivity contribution in [3.05, 3.63) is 35.9 Å². The van der Waals surface area contributed by atoms with E-state index in [1.165, 1.54) is 5.56 Å². The van der Waals surface area contributed by atoms with Crippen molar-refractivity contribution < 1.29 is 9.53 Å². The number of likely N-dealkylation sites (tertiary alicyclic amines) is 1. The van der Waals surface area contributed by atoms with Gasteiger partial charge in [0.1, 0.15) is 5.60 Å². The van der Waals surface area contributed by atoms with Crippen molar-refractivity contribution >= 4 is 12.3 Å². The number of carbonyl (C=O) groups is 1. The lowest BCUT2D eigenvalue weighted by molar-refractivity contribution is 0.0171. The Hall–Kier alpha value is -1.84. The summed E-state index contributed by atoms with van der Waals surface area (Å²) in [6.07, 6.45) is 4.79. The minimum absolute atomic E-state index is 0.0484. The van der Waals surface area contributed by atoms with Gasteiger partial charge in [-0.05, 0) is 45.6 Å². The molecule has 1 atom stereocenters. The van der Waals surface area contributed by atoms with E-state index in [0.717, 1.165) is 25.8 Å². The molecule has 1 heterocycles. The van der Waals surface area contributed by atoms with Gasteiger partial charge in [0.15, 0.2) is 0 Å². The zero-order valence-electron chi connectivity index (χ0n) is 13.8. The standard InChI is InChI=1S/C18H26N2O2/c1-18(2,3)22-17(21)20-12-8-7-11-16(20)14-19-13-15-9-5-4-6-10-15/h4-6,9-10,14,16H,7-8,11-13H2,1-3H3/t16-/m0/s1. The van der Waals surface area contributed by atoms with Crippen molar-refractivity contribution in [2.75, 3.05) is 6.54 Å². The van der Waals surface area contributed by atoms with Gasteiger partial charge in [-0.1, -0.05) is 30.3 Å². The molecule has 1 aromatic rings. The Morgan fingerprint density at radius 1 is 1.32 bits per heavy atom. The lowest BCUT2D eigenvalue weighted by Gasteiger charge is -2.34. The minimum Gasteiger partial charge on any atom is -0.444 e. The molecule has 120 valence electrons. The Bertz CT molecular complexity index is 506. The number of aliphatic imine (C=N–C) groups is 1. The van der Waals surface area contributed by atoms with Gasteiger partial charge in [0.25, 0.3) is 0 Å². The molecule has 4 nitrogen and oxygen atoms in total. The van der Waals surface area contributed by atoms with Crippen LogP contribution < -0.4 is 0 Å². The van der Waals surface area contributed by atoms with Gasteiger partial charge in [0.05, 0.1) is 12.6 Å². The van der Waals surface area contributed by atoms with Crippen LogP contribution in [0.2, 0.25) is 0 Å². The molecular formula is C18H26N2O2. The highest BCUT2D eigenvalue weighted by Crippen LogP contribution is 2.19. The van der Waals surface area contributed by atoms with Crippen molar-refractivity contribution in [1.29, 1.82) is 0 Å². The van der Waals surface area contributed by atoms with Gasteiger partial charge < -0.3 is 9.64 Å². The molecule has 0 spiro atoms. The molecule has 0 aliphatic carbocycles. The third-order valence-electron chi connectivity index (χ3n) is 3.57. The van der Waals surface area contributed by atoms with E-state index in [4.69, 9.17) is 4.74 Å². The average molecular weight is 302 g/mol. The molecule has 0 unspecified atom stereocenters. The fourth-order valence-electron chi connectivity index (χ4n) is 2.52. The molecule has 0 aromatic heterocycles. The molecule has 0 saturated carbocycles. The van der Waals surface area contributed by atoms with Crippen LogP contribution >= 0.6 is 0 Å². The van der Waals surface area contributed by atoms with Gasteiger partial charge in [0.2, 0.25) is 0 Å². The Kier molecular flexibility index (Phi) is 5.58. The molecule has 1 aliphatic rings. The minimum atomic E-state index is -0.458.